The van der Waals surface area contributed by atoms with Crippen molar-refractivity contribution in [1.82, 2.24) is 4.72 Å². The first-order valence-corrected chi connectivity index (χ1v) is 8.48. The monoisotopic (exact) mass is 335 g/mol. The summed E-state index contributed by atoms with van der Waals surface area (Å²) >= 11 is 5.74. The molecule has 0 aromatic heterocycles. The first kappa shape index (κ1) is 17.7. The lowest BCUT2D eigenvalue weighted by molar-refractivity contribution is -0.138. The second-order valence-corrected chi connectivity index (χ2v) is 6.95. The molecule has 3 N–H and O–H groups in total. The van der Waals surface area contributed by atoms with E-state index in [1.165, 1.54) is 18.2 Å². The normalized spacial score (nSPS) is 13.0. The van der Waals surface area contributed by atoms with Crippen molar-refractivity contribution in [1.29, 1.82) is 0 Å². The van der Waals surface area contributed by atoms with E-state index in [0.29, 0.717) is 18.4 Å². The lowest BCUT2D eigenvalue weighted by Gasteiger charge is -2.15. The van der Waals surface area contributed by atoms with Crippen LogP contribution in [0.25, 0.3) is 0 Å². The van der Waals surface area contributed by atoms with E-state index in [0.717, 1.165) is 0 Å². The van der Waals surface area contributed by atoms with E-state index in [2.05, 4.69) is 4.72 Å². The van der Waals surface area contributed by atoms with Crippen molar-refractivity contribution < 1.29 is 23.4 Å². The predicted octanol–water partition coefficient (Wildman–Crippen LogP) is 1.76. The highest BCUT2D eigenvalue weighted by Gasteiger charge is 2.24. The SMILES string of the molecule is CCCCS(=O)(=O)N[C@H](Cc1ccc(O)c(Cl)c1)C(=O)O. The molecule has 0 aliphatic carbocycles. The Hall–Kier alpha value is -1.31. The van der Waals surface area contributed by atoms with E-state index in [-0.39, 0.29) is 22.9 Å². The number of carboxylic acid groups (broad SMARTS) is 1. The van der Waals surface area contributed by atoms with Gasteiger partial charge in [0.25, 0.3) is 0 Å². The lowest BCUT2D eigenvalue weighted by atomic mass is 10.1. The second-order valence-electron chi connectivity index (χ2n) is 4.67. The van der Waals surface area contributed by atoms with Crippen molar-refractivity contribution in [2.75, 3.05) is 5.75 Å². The third-order valence-corrected chi connectivity index (χ3v) is 4.61. The number of benzene rings is 1. The molecule has 0 heterocycles. The fraction of sp³-hybridized carbons (Fsp3) is 0.462. The van der Waals surface area contributed by atoms with Gasteiger partial charge in [0.15, 0.2) is 0 Å². The van der Waals surface area contributed by atoms with Crippen LogP contribution >= 0.6 is 11.6 Å². The highest BCUT2D eigenvalue weighted by molar-refractivity contribution is 7.89. The van der Waals surface area contributed by atoms with Crippen molar-refractivity contribution in [2.24, 2.45) is 0 Å². The standard InChI is InChI=1S/C13H18ClNO5S/c1-2-3-6-21(19,20)15-11(13(17)18)8-9-4-5-12(16)10(14)7-9/h4-5,7,11,15-16H,2-3,6,8H2,1H3,(H,17,18)/t11-/m1/s1. The number of phenols is 1. The molecule has 0 aliphatic rings. The summed E-state index contributed by atoms with van der Waals surface area (Å²) in [5.74, 6) is -1.49. The first-order valence-electron chi connectivity index (χ1n) is 6.45. The van der Waals surface area contributed by atoms with Crippen LogP contribution in [-0.4, -0.2) is 36.4 Å². The van der Waals surface area contributed by atoms with Crippen LogP contribution in [0.4, 0.5) is 0 Å². The highest BCUT2D eigenvalue weighted by atomic mass is 35.5. The van der Waals surface area contributed by atoms with E-state index in [9.17, 15) is 18.3 Å². The number of unbranched alkanes of at least 4 members (excludes halogenated alkanes) is 1. The summed E-state index contributed by atoms with van der Waals surface area (Å²) in [7, 11) is -3.64. The number of hydrogen-bond donors (Lipinski definition) is 3. The van der Waals surface area contributed by atoms with Crippen LogP contribution in [0, 0.1) is 0 Å². The zero-order valence-electron chi connectivity index (χ0n) is 11.5. The van der Waals surface area contributed by atoms with Crippen molar-refractivity contribution >= 4 is 27.6 Å². The molecule has 1 aromatic rings. The van der Waals surface area contributed by atoms with Crippen LogP contribution in [0.2, 0.25) is 5.02 Å². The molecule has 0 amide bonds. The van der Waals surface area contributed by atoms with Crippen LogP contribution in [0.3, 0.4) is 0 Å². The van der Waals surface area contributed by atoms with Gasteiger partial charge in [-0.1, -0.05) is 31.0 Å². The van der Waals surface area contributed by atoms with Gasteiger partial charge in [0.1, 0.15) is 11.8 Å². The lowest BCUT2D eigenvalue weighted by Crippen LogP contribution is -2.43. The summed E-state index contributed by atoms with van der Waals surface area (Å²) in [5.41, 5.74) is 0.517. The van der Waals surface area contributed by atoms with Gasteiger partial charge in [0.05, 0.1) is 10.8 Å². The molecule has 0 unspecified atom stereocenters. The number of halogens is 1. The van der Waals surface area contributed by atoms with E-state index in [4.69, 9.17) is 16.7 Å². The molecule has 0 saturated heterocycles. The van der Waals surface area contributed by atoms with E-state index >= 15 is 0 Å². The second kappa shape index (κ2) is 7.63. The molecule has 0 saturated carbocycles. The Kier molecular flexibility index (Phi) is 6.44. The Morgan fingerprint density at radius 3 is 2.62 bits per heavy atom. The summed E-state index contributed by atoms with van der Waals surface area (Å²) < 4.78 is 25.7. The fourth-order valence-corrected chi connectivity index (χ4v) is 3.31. The summed E-state index contributed by atoms with van der Waals surface area (Å²) in [6.45, 7) is 1.85. The number of phenolic OH excluding ortho intramolecular Hbond substituents is 1. The van der Waals surface area contributed by atoms with Crippen LogP contribution < -0.4 is 4.72 Å². The Bertz CT molecular complexity index is 603. The third kappa shape index (κ3) is 5.91. The molecule has 21 heavy (non-hydrogen) atoms. The number of sulfonamides is 1. The highest BCUT2D eigenvalue weighted by Crippen LogP contribution is 2.24. The van der Waals surface area contributed by atoms with Crippen molar-refractivity contribution in [3.05, 3.63) is 28.8 Å². The van der Waals surface area contributed by atoms with Gasteiger partial charge < -0.3 is 10.2 Å². The number of rotatable bonds is 8. The van der Waals surface area contributed by atoms with E-state index in [1.54, 1.807) is 0 Å². The summed E-state index contributed by atoms with van der Waals surface area (Å²) in [4.78, 5) is 11.2. The topological polar surface area (TPSA) is 104 Å². The molecule has 0 bridgehead atoms. The molecule has 0 radical (unpaired) electrons. The van der Waals surface area contributed by atoms with Crippen LogP contribution in [0.15, 0.2) is 18.2 Å². The molecule has 0 spiro atoms. The van der Waals surface area contributed by atoms with Gasteiger partial charge in [0.2, 0.25) is 10.0 Å². The Morgan fingerprint density at radius 1 is 1.43 bits per heavy atom. The van der Waals surface area contributed by atoms with Gasteiger partial charge in [-0.25, -0.2) is 13.1 Å². The fourth-order valence-electron chi connectivity index (χ4n) is 1.70. The third-order valence-electron chi connectivity index (χ3n) is 2.84. The van der Waals surface area contributed by atoms with Gasteiger partial charge in [-0.3, -0.25) is 4.79 Å². The first-order chi connectivity index (χ1) is 9.75. The molecule has 6 nitrogen and oxygen atoms in total. The maximum Gasteiger partial charge on any atom is 0.322 e. The van der Waals surface area contributed by atoms with Crippen molar-refractivity contribution in [2.45, 2.75) is 32.2 Å². The van der Waals surface area contributed by atoms with Crippen LogP contribution in [0.5, 0.6) is 5.75 Å². The number of aromatic hydroxyl groups is 1. The molecule has 1 atom stereocenters. The minimum absolute atomic E-state index is 0.0549. The Labute approximate surface area is 128 Å². The molecule has 0 aliphatic heterocycles. The maximum absolute atomic E-state index is 11.8. The van der Waals surface area contributed by atoms with Gasteiger partial charge in [-0.05, 0) is 30.5 Å². The van der Waals surface area contributed by atoms with Gasteiger partial charge in [0, 0.05) is 0 Å². The summed E-state index contributed by atoms with van der Waals surface area (Å²) in [6, 6.07) is 2.97. The molecule has 8 heteroatoms. The Morgan fingerprint density at radius 2 is 2.10 bits per heavy atom. The number of carboxylic acids is 1. The van der Waals surface area contributed by atoms with Crippen molar-refractivity contribution in [3.63, 3.8) is 0 Å². The smallest absolute Gasteiger partial charge is 0.322 e. The average molecular weight is 336 g/mol. The molecule has 1 aromatic carbocycles. The predicted molar refractivity (Wildman–Crippen MR) is 80.1 cm³/mol. The largest absolute Gasteiger partial charge is 0.506 e. The average Bonchev–Trinajstić information content (AvgIpc) is 2.39. The zero-order chi connectivity index (χ0) is 16.0. The van der Waals surface area contributed by atoms with E-state index < -0.39 is 22.0 Å². The summed E-state index contributed by atoms with van der Waals surface area (Å²) in [5, 5.41) is 18.5. The molecule has 1 rings (SSSR count). The molecule has 118 valence electrons. The van der Waals surface area contributed by atoms with Gasteiger partial charge in [-0.2, -0.15) is 0 Å². The van der Waals surface area contributed by atoms with Gasteiger partial charge in [-0.15, -0.1) is 0 Å². The van der Waals surface area contributed by atoms with Gasteiger partial charge >= 0.3 is 5.97 Å². The van der Waals surface area contributed by atoms with Crippen LogP contribution in [-0.2, 0) is 21.2 Å². The maximum atomic E-state index is 11.8. The molecular formula is C13H18ClNO5S. The molecular weight excluding hydrogens is 318 g/mol. The number of carbonyl (C=O) groups is 1. The quantitative estimate of drug-likeness (QED) is 0.671. The zero-order valence-corrected chi connectivity index (χ0v) is 13.1. The minimum Gasteiger partial charge on any atom is -0.506 e. The number of nitrogens with one attached hydrogen (secondary N) is 1. The van der Waals surface area contributed by atoms with E-state index in [1.807, 2.05) is 6.92 Å². The summed E-state index contributed by atoms with van der Waals surface area (Å²) in [6.07, 6.45) is 1.11. The van der Waals surface area contributed by atoms with Crippen LogP contribution in [0.1, 0.15) is 25.3 Å². The minimum atomic E-state index is -3.64. The number of aliphatic carboxylic acids is 1. The van der Waals surface area contributed by atoms with Crippen molar-refractivity contribution in [3.8, 4) is 5.75 Å². The number of hydrogen-bond acceptors (Lipinski definition) is 4. The Balaban J connectivity index is 2.83. The molecule has 0 fully saturated rings.